The quantitative estimate of drug-likeness (QED) is 0.789. The zero-order valence-corrected chi connectivity index (χ0v) is 8.97. The predicted molar refractivity (Wildman–Crippen MR) is 57.6 cm³/mol. The van der Waals surface area contributed by atoms with Gasteiger partial charge < -0.3 is 10.8 Å². The number of benzene rings is 1. The van der Waals surface area contributed by atoms with Gasteiger partial charge in [-0.3, -0.25) is 0 Å². The lowest BCUT2D eigenvalue weighted by Crippen LogP contribution is -2.42. The average Bonchev–Trinajstić information content (AvgIpc) is 2.04. The van der Waals surface area contributed by atoms with Crippen molar-refractivity contribution in [2.45, 2.75) is 19.4 Å². The van der Waals surface area contributed by atoms with E-state index in [-0.39, 0.29) is 12.4 Å². The maximum atomic E-state index is 10.8. The smallest absolute Gasteiger partial charge is 0.328 e. The van der Waals surface area contributed by atoms with Crippen LogP contribution < -0.4 is 5.73 Å². The molecule has 0 aliphatic carbocycles. The average molecular weight is 216 g/mol. The Labute approximate surface area is 89.3 Å². The van der Waals surface area contributed by atoms with E-state index < -0.39 is 11.5 Å². The number of hydrogen-bond donors (Lipinski definition) is 2. The van der Waals surface area contributed by atoms with E-state index >= 15 is 0 Å². The van der Waals surface area contributed by atoms with Crippen LogP contribution >= 0.6 is 12.4 Å². The number of halogens is 1. The Bertz CT molecular complexity index is 337. The van der Waals surface area contributed by atoms with E-state index in [1.807, 2.05) is 19.1 Å². The summed E-state index contributed by atoms with van der Waals surface area (Å²) in [4.78, 5) is 10.8. The Hall–Kier alpha value is -1.06. The molecule has 1 unspecified atom stereocenters. The third-order valence-electron chi connectivity index (χ3n) is 2.15. The Balaban J connectivity index is 0.00000169. The van der Waals surface area contributed by atoms with Crippen molar-refractivity contribution in [1.29, 1.82) is 0 Å². The van der Waals surface area contributed by atoms with Crippen LogP contribution in [0.1, 0.15) is 18.1 Å². The van der Waals surface area contributed by atoms with Crippen LogP contribution in [0.4, 0.5) is 0 Å². The third kappa shape index (κ3) is 2.25. The van der Waals surface area contributed by atoms with Gasteiger partial charge in [-0.2, -0.15) is 0 Å². The van der Waals surface area contributed by atoms with Gasteiger partial charge in [-0.15, -0.1) is 12.4 Å². The fourth-order valence-electron chi connectivity index (χ4n) is 1.27. The van der Waals surface area contributed by atoms with Crippen molar-refractivity contribution < 1.29 is 9.90 Å². The number of aliphatic carboxylic acids is 1. The molecule has 3 nitrogen and oxygen atoms in total. The van der Waals surface area contributed by atoms with Crippen molar-refractivity contribution in [1.82, 2.24) is 0 Å². The van der Waals surface area contributed by atoms with Gasteiger partial charge >= 0.3 is 5.97 Å². The van der Waals surface area contributed by atoms with Crippen LogP contribution in [0.2, 0.25) is 0 Å². The molecule has 0 heterocycles. The molecule has 4 heteroatoms. The number of carboxylic acids is 1. The number of carbonyl (C=O) groups is 1. The van der Waals surface area contributed by atoms with Crippen LogP contribution in [0.5, 0.6) is 0 Å². The Morgan fingerprint density at radius 3 is 2.36 bits per heavy atom. The van der Waals surface area contributed by atoms with Crippen LogP contribution in [0.3, 0.4) is 0 Å². The van der Waals surface area contributed by atoms with Gasteiger partial charge in [0.25, 0.3) is 0 Å². The molecule has 1 rings (SSSR count). The molecule has 0 aliphatic rings. The van der Waals surface area contributed by atoms with Crippen molar-refractivity contribution in [2.75, 3.05) is 0 Å². The van der Waals surface area contributed by atoms with Crippen LogP contribution in [0.15, 0.2) is 24.3 Å². The van der Waals surface area contributed by atoms with Gasteiger partial charge in [0.1, 0.15) is 5.54 Å². The molecule has 0 radical (unpaired) electrons. The highest BCUT2D eigenvalue weighted by atomic mass is 35.5. The minimum Gasteiger partial charge on any atom is -0.480 e. The summed E-state index contributed by atoms with van der Waals surface area (Å²) < 4.78 is 0. The van der Waals surface area contributed by atoms with Gasteiger partial charge in [0.2, 0.25) is 0 Å². The lowest BCUT2D eigenvalue weighted by atomic mass is 9.90. The molecule has 0 saturated carbocycles. The summed E-state index contributed by atoms with van der Waals surface area (Å²) in [5, 5.41) is 8.89. The second-order valence-corrected chi connectivity index (χ2v) is 3.32. The monoisotopic (exact) mass is 215 g/mol. The highest BCUT2D eigenvalue weighted by molar-refractivity contribution is 5.85. The second-order valence-electron chi connectivity index (χ2n) is 3.32. The van der Waals surface area contributed by atoms with Crippen molar-refractivity contribution in [3.8, 4) is 0 Å². The van der Waals surface area contributed by atoms with Gasteiger partial charge in [0.05, 0.1) is 0 Å². The van der Waals surface area contributed by atoms with E-state index in [2.05, 4.69) is 0 Å². The number of hydrogen-bond acceptors (Lipinski definition) is 2. The molecular formula is C10H14ClNO2. The first-order chi connectivity index (χ1) is 5.96. The predicted octanol–water partition coefficient (Wildman–Crippen LogP) is 1.68. The third-order valence-corrected chi connectivity index (χ3v) is 2.15. The Kier molecular flexibility index (Phi) is 4.10. The van der Waals surface area contributed by atoms with Gasteiger partial charge in [0.15, 0.2) is 0 Å². The molecule has 0 aromatic heterocycles. The normalized spacial score (nSPS) is 13.9. The molecular weight excluding hydrogens is 202 g/mol. The Morgan fingerprint density at radius 2 is 1.93 bits per heavy atom. The number of carboxylic acid groups (broad SMARTS) is 1. The Morgan fingerprint density at radius 1 is 1.43 bits per heavy atom. The summed E-state index contributed by atoms with van der Waals surface area (Å²) in [5.41, 5.74) is 5.94. The molecule has 78 valence electrons. The summed E-state index contributed by atoms with van der Waals surface area (Å²) in [6.07, 6.45) is 0. The number of rotatable bonds is 2. The lowest BCUT2D eigenvalue weighted by Gasteiger charge is -2.21. The first-order valence-electron chi connectivity index (χ1n) is 4.04. The van der Waals surface area contributed by atoms with Crippen LogP contribution in [0, 0.1) is 6.92 Å². The maximum absolute atomic E-state index is 10.8. The first-order valence-corrected chi connectivity index (χ1v) is 4.04. The summed E-state index contributed by atoms with van der Waals surface area (Å²) in [7, 11) is 0. The number of nitrogens with two attached hydrogens (primary N) is 1. The van der Waals surface area contributed by atoms with Crippen LogP contribution in [-0.2, 0) is 10.3 Å². The summed E-state index contributed by atoms with van der Waals surface area (Å²) in [6.45, 7) is 3.35. The highest BCUT2D eigenvalue weighted by Crippen LogP contribution is 2.21. The topological polar surface area (TPSA) is 63.3 Å². The standard InChI is InChI=1S/C10H13NO2.ClH/c1-7-5-3-4-6-8(7)10(2,11)9(12)13;/h3-6H,11H2,1-2H3,(H,12,13);1H. The van der Waals surface area contributed by atoms with Crippen molar-refractivity contribution in [3.63, 3.8) is 0 Å². The van der Waals surface area contributed by atoms with E-state index in [9.17, 15) is 4.79 Å². The molecule has 3 N–H and O–H groups in total. The van der Waals surface area contributed by atoms with Crippen LogP contribution in [0.25, 0.3) is 0 Å². The maximum Gasteiger partial charge on any atom is 0.328 e. The van der Waals surface area contributed by atoms with Gasteiger partial charge in [-0.05, 0) is 25.0 Å². The molecule has 0 saturated heterocycles. The van der Waals surface area contributed by atoms with E-state index in [1.54, 1.807) is 12.1 Å². The van der Waals surface area contributed by atoms with Gasteiger partial charge in [-0.1, -0.05) is 24.3 Å². The zero-order valence-electron chi connectivity index (χ0n) is 8.15. The fourth-order valence-corrected chi connectivity index (χ4v) is 1.27. The minimum atomic E-state index is -1.30. The molecule has 1 aromatic carbocycles. The molecule has 1 atom stereocenters. The minimum absolute atomic E-state index is 0. The van der Waals surface area contributed by atoms with E-state index in [1.165, 1.54) is 6.92 Å². The molecule has 0 aliphatic heterocycles. The summed E-state index contributed by atoms with van der Waals surface area (Å²) >= 11 is 0. The van der Waals surface area contributed by atoms with Gasteiger partial charge in [0, 0.05) is 0 Å². The van der Waals surface area contributed by atoms with Crippen molar-refractivity contribution in [2.24, 2.45) is 5.73 Å². The molecule has 14 heavy (non-hydrogen) atoms. The lowest BCUT2D eigenvalue weighted by molar-refractivity contribution is -0.143. The largest absolute Gasteiger partial charge is 0.480 e. The summed E-state index contributed by atoms with van der Waals surface area (Å²) in [5.74, 6) is -1.01. The molecule has 0 bridgehead atoms. The molecule has 0 amide bonds. The first kappa shape index (κ1) is 12.9. The SMILES string of the molecule is Cc1ccccc1C(C)(N)C(=O)O.Cl. The molecule has 0 spiro atoms. The van der Waals surface area contributed by atoms with Crippen molar-refractivity contribution >= 4 is 18.4 Å². The van der Waals surface area contributed by atoms with Crippen LogP contribution in [-0.4, -0.2) is 11.1 Å². The van der Waals surface area contributed by atoms with Crippen molar-refractivity contribution in [3.05, 3.63) is 35.4 Å². The highest BCUT2D eigenvalue weighted by Gasteiger charge is 2.31. The number of aryl methyl sites for hydroxylation is 1. The molecule has 0 fully saturated rings. The summed E-state index contributed by atoms with van der Waals surface area (Å²) in [6, 6.07) is 7.24. The van der Waals surface area contributed by atoms with E-state index in [4.69, 9.17) is 10.8 Å². The second kappa shape index (κ2) is 4.44. The van der Waals surface area contributed by atoms with E-state index in [0.717, 1.165) is 5.56 Å². The fraction of sp³-hybridized carbons (Fsp3) is 0.300. The van der Waals surface area contributed by atoms with E-state index in [0.29, 0.717) is 5.56 Å². The molecule has 1 aromatic rings. The van der Waals surface area contributed by atoms with Gasteiger partial charge in [-0.25, -0.2) is 4.79 Å². The zero-order chi connectivity index (χ0) is 10.1.